The molecule has 1 N–H and O–H groups in total. The van der Waals surface area contributed by atoms with E-state index in [1.165, 1.54) is 12.1 Å². The summed E-state index contributed by atoms with van der Waals surface area (Å²) >= 11 is 0. The van der Waals surface area contributed by atoms with E-state index in [2.05, 4.69) is 17.4 Å². The fraction of sp³-hybridized carbons (Fsp3) is 0.273. The van der Waals surface area contributed by atoms with Crippen molar-refractivity contribution >= 4 is 5.91 Å². The van der Waals surface area contributed by atoms with Crippen molar-refractivity contribution in [2.45, 2.75) is 25.7 Å². The molecule has 1 aromatic heterocycles. The Bertz CT molecular complexity index is 904. The van der Waals surface area contributed by atoms with E-state index in [4.69, 9.17) is 9.26 Å². The molecule has 3 aromatic rings. The molecule has 28 heavy (non-hydrogen) atoms. The summed E-state index contributed by atoms with van der Waals surface area (Å²) in [6.07, 6.45) is 1.85. The van der Waals surface area contributed by atoms with Gasteiger partial charge >= 0.3 is 0 Å². The maximum absolute atomic E-state index is 13.2. The summed E-state index contributed by atoms with van der Waals surface area (Å²) in [6.45, 7) is 2.53. The molecule has 0 aliphatic carbocycles. The topological polar surface area (TPSA) is 64.4 Å². The zero-order valence-corrected chi connectivity index (χ0v) is 15.9. The van der Waals surface area contributed by atoms with Gasteiger partial charge in [0.1, 0.15) is 11.6 Å². The predicted molar refractivity (Wildman–Crippen MR) is 105 cm³/mol. The molecule has 146 valence electrons. The lowest BCUT2D eigenvalue weighted by atomic mass is 9.94. The molecule has 1 amide bonds. The van der Waals surface area contributed by atoms with Crippen LogP contribution in [0.3, 0.4) is 0 Å². The number of methoxy groups -OCH3 is 1. The molecule has 0 fully saturated rings. The van der Waals surface area contributed by atoms with Gasteiger partial charge in [0.05, 0.1) is 7.11 Å². The number of carbonyl (C=O) groups excluding carboxylic acids is 1. The quantitative estimate of drug-likeness (QED) is 0.608. The lowest BCUT2D eigenvalue weighted by Crippen LogP contribution is -2.28. The predicted octanol–water partition coefficient (Wildman–Crippen LogP) is 4.80. The minimum atomic E-state index is -0.299. The molecule has 0 radical (unpaired) electrons. The number of halogens is 1. The van der Waals surface area contributed by atoms with Gasteiger partial charge in [-0.2, -0.15) is 0 Å². The Balaban J connectivity index is 1.65. The summed E-state index contributed by atoms with van der Waals surface area (Å²) in [6, 6.07) is 15.3. The van der Waals surface area contributed by atoms with E-state index < -0.39 is 0 Å². The van der Waals surface area contributed by atoms with Crippen LogP contribution in [0.25, 0.3) is 11.3 Å². The second kappa shape index (κ2) is 9.17. The number of nitrogens with zero attached hydrogens (tertiary/aromatic N) is 1. The first-order valence-corrected chi connectivity index (χ1v) is 9.25. The molecule has 3 rings (SSSR count). The summed E-state index contributed by atoms with van der Waals surface area (Å²) in [4.78, 5) is 12.5. The van der Waals surface area contributed by atoms with Crippen molar-refractivity contribution in [1.82, 2.24) is 10.5 Å². The van der Waals surface area contributed by atoms with E-state index >= 15 is 0 Å². The highest BCUT2D eigenvalue weighted by Gasteiger charge is 2.17. The highest BCUT2D eigenvalue weighted by molar-refractivity contribution is 5.93. The average Bonchev–Trinajstić information content (AvgIpc) is 3.22. The van der Waals surface area contributed by atoms with E-state index in [1.807, 2.05) is 24.3 Å². The number of amides is 1. The van der Waals surface area contributed by atoms with Crippen molar-refractivity contribution in [1.29, 1.82) is 0 Å². The summed E-state index contributed by atoms with van der Waals surface area (Å²) < 4.78 is 23.6. The van der Waals surface area contributed by atoms with Gasteiger partial charge < -0.3 is 14.6 Å². The second-order valence-electron chi connectivity index (χ2n) is 6.55. The molecule has 0 aliphatic heterocycles. The molecule has 2 aromatic carbocycles. The molecule has 1 heterocycles. The van der Waals surface area contributed by atoms with Crippen LogP contribution in [-0.4, -0.2) is 24.7 Å². The van der Waals surface area contributed by atoms with Gasteiger partial charge in [-0.3, -0.25) is 4.79 Å². The molecule has 0 saturated heterocycles. The van der Waals surface area contributed by atoms with Gasteiger partial charge in [0.25, 0.3) is 5.91 Å². The highest BCUT2D eigenvalue weighted by atomic mass is 19.1. The van der Waals surface area contributed by atoms with E-state index in [1.54, 1.807) is 25.3 Å². The van der Waals surface area contributed by atoms with Crippen LogP contribution in [0.2, 0.25) is 0 Å². The number of aromatic nitrogens is 1. The molecule has 6 heteroatoms. The first-order valence-electron chi connectivity index (χ1n) is 9.25. The van der Waals surface area contributed by atoms with Crippen LogP contribution >= 0.6 is 0 Å². The summed E-state index contributed by atoms with van der Waals surface area (Å²) in [5.41, 5.74) is 2.03. The largest absolute Gasteiger partial charge is 0.497 e. The summed E-state index contributed by atoms with van der Waals surface area (Å²) in [5.74, 6) is 0.798. The minimum absolute atomic E-state index is 0.113. The van der Waals surface area contributed by atoms with Crippen LogP contribution in [0.4, 0.5) is 4.39 Å². The smallest absolute Gasteiger partial charge is 0.273 e. The number of hydrogen-bond donors (Lipinski definition) is 1. The van der Waals surface area contributed by atoms with Crippen molar-refractivity contribution in [3.8, 4) is 17.1 Å². The SMILES string of the molecule is CCC[C@H](CNC(=O)c1cc(-c2ccc(OC)cc2)on1)c1ccc(F)cc1. The third-order valence-corrected chi connectivity index (χ3v) is 4.60. The maximum Gasteiger partial charge on any atom is 0.273 e. The standard InChI is InChI=1S/C22H23FN2O3/c1-3-4-17(15-5-9-18(23)10-6-15)14-24-22(26)20-13-21(28-25-20)16-7-11-19(27-2)12-8-16/h5-13,17H,3-4,14H2,1-2H3,(H,24,26)/t17-/m1/s1. The van der Waals surface area contributed by atoms with Crippen LogP contribution in [0.5, 0.6) is 5.75 Å². The maximum atomic E-state index is 13.2. The zero-order valence-electron chi connectivity index (χ0n) is 15.9. The van der Waals surface area contributed by atoms with Crippen LogP contribution in [-0.2, 0) is 0 Å². The van der Waals surface area contributed by atoms with Crippen molar-refractivity contribution in [3.05, 3.63) is 71.7 Å². The third kappa shape index (κ3) is 4.76. The fourth-order valence-corrected chi connectivity index (χ4v) is 3.05. The van der Waals surface area contributed by atoms with Crippen molar-refractivity contribution in [2.24, 2.45) is 0 Å². The van der Waals surface area contributed by atoms with E-state index in [0.717, 1.165) is 29.7 Å². The Morgan fingerprint density at radius 3 is 2.54 bits per heavy atom. The number of ether oxygens (including phenoxy) is 1. The normalized spacial score (nSPS) is 11.8. The van der Waals surface area contributed by atoms with Crippen molar-refractivity contribution in [2.75, 3.05) is 13.7 Å². The van der Waals surface area contributed by atoms with E-state index in [0.29, 0.717) is 12.3 Å². The number of nitrogens with one attached hydrogen (secondary N) is 1. The van der Waals surface area contributed by atoms with Crippen molar-refractivity contribution in [3.63, 3.8) is 0 Å². The molecule has 0 spiro atoms. The van der Waals surface area contributed by atoms with Crippen LogP contribution in [0, 0.1) is 5.82 Å². The molecular formula is C22H23FN2O3. The lowest BCUT2D eigenvalue weighted by molar-refractivity contribution is 0.0941. The van der Waals surface area contributed by atoms with Gasteiger partial charge in [0.2, 0.25) is 0 Å². The number of hydrogen-bond acceptors (Lipinski definition) is 4. The fourth-order valence-electron chi connectivity index (χ4n) is 3.05. The Kier molecular flexibility index (Phi) is 6.42. The molecule has 0 aliphatic rings. The molecule has 0 unspecified atom stereocenters. The second-order valence-corrected chi connectivity index (χ2v) is 6.55. The van der Waals surface area contributed by atoms with Gasteiger partial charge in [0, 0.05) is 24.1 Å². The molecular weight excluding hydrogens is 359 g/mol. The molecule has 0 saturated carbocycles. The summed E-state index contributed by atoms with van der Waals surface area (Å²) in [7, 11) is 1.60. The number of rotatable bonds is 8. The molecule has 5 nitrogen and oxygen atoms in total. The van der Waals surface area contributed by atoms with E-state index in [-0.39, 0.29) is 23.3 Å². The van der Waals surface area contributed by atoms with Gasteiger partial charge in [-0.25, -0.2) is 4.39 Å². The van der Waals surface area contributed by atoms with Gasteiger partial charge in [-0.15, -0.1) is 0 Å². The first kappa shape index (κ1) is 19.6. The third-order valence-electron chi connectivity index (χ3n) is 4.60. The van der Waals surface area contributed by atoms with Crippen molar-refractivity contribution < 1.29 is 18.4 Å². The summed E-state index contributed by atoms with van der Waals surface area (Å²) in [5, 5.41) is 6.78. The lowest BCUT2D eigenvalue weighted by Gasteiger charge is -2.17. The molecule has 0 bridgehead atoms. The average molecular weight is 382 g/mol. The van der Waals surface area contributed by atoms with Gasteiger partial charge in [-0.1, -0.05) is 30.6 Å². The Morgan fingerprint density at radius 1 is 1.18 bits per heavy atom. The minimum Gasteiger partial charge on any atom is -0.497 e. The van der Waals surface area contributed by atoms with Gasteiger partial charge in [-0.05, 0) is 48.4 Å². The molecule has 1 atom stereocenters. The van der Waals surface area contributed by atoms with Crippen LogP contribution in [0.1, 0.15) is 41.7 Å². The zero-order chi connectivity index (χ0) is 19.9. The Hall–Kier alpha value is -3.15. The highest BCUT2D eigenvalue weighted by Crippen LogP contribution is 2.24. The monoisotopic (exact) mass is 382 g/mol. The van der Waals surface area contributed by atoms with E-state index in [9.17, 15) is 9.18 Å². The Labute approximate surface area is 163 Å². The van der Waals surface area contributed by atoms with Gasteiger partial charge in [0.15, 0.2) is 11.5 Å². The first-order chi connectivity index (χ1) is 13.6. The van der Waals surface area contributed by atoms with Crippen LogP contribution in [0.15, 0.2) is 59.1 Å². The number of carbonyl (C=O) groups is 1. The number of benzene rings is 2. The Morgan fingerprint density at radius 2 is 1.89 bits per heavy atom. The van der Waals surface area contributed by atoms with Crippen LogP contribution < -0.4 is 10.1 Å².